The summed E-state index contributed by atoms with van der Waals surface area (Å²) in [5.74, 6) is 0. The second-order valence-corrected chi connectivity index (χ2v) is 3.50. The summed E-state index contributed by atoms with van der Waals surface area (Å²) in [7, 11) is 0. The third kappa shape index (κ3) is 0.754. The average Bonchev–Trinajstić information content (AvgIpc) is 1.89. The van der Waals surface area contributed by atoms with Gasteiger partial charge in [0.15, 0.2) is 0 Å². The average molecular weight is 198 g/mol. The molecule has 0 saturated heterocycles. The highest BCUT2D eigenvalue weighted by atomic mass is 79.9. The fourth-order valence-corrected chi connectivity index (χ4v) is 1.63. The van der Waals surface area contributed by atoms with Crippen LogP contribution in [0, 0.1) is 0 Å². The van der Waals surface area contributed by atoms with Crippen molar-refractivity contribution in [1.82, 2.24) is 0 Å². The summed E-state index contributed by atoms with van der Waals surface area (Å²) in [5, 5.41) is 0. The van der Waals surface area contributed by atoms with E-state index in [0.29, 0.717) is 0 Å². The molecule has 0 atom stereocenters. The first-order valence-corrected chi connectivity index (χ1v) is 4.13. The maximum Gasteiger partial charge on any atom is 0.0461 e. The molecule has 0 heterocycles. The molecule has 0 spiro atoms. The van der Waals surface area contributed by atoms with Crippen LogP contribution in [-0.2, 0) is 12.8 Å². The molecule has 0 unspecified atom stereocenters. The molecule has 1 aromatic rings. The number of aryl methyl sites for hydroxylation is 2. The topological polar surface area (TPSA) is 26.0 Å². The summed E-state index contributed by atoms with van der Waals surface area (Å²) in [6.07, 6.45) is 2.42. The van der Waals surface area contributed by atoms with E-state index in [9.17, 15) is 0 Å². The molecule has 1 nitrogen and oxygen atoms in total. The van der Waals surface area contributed by atoms with Gasteiger partial charge in [-0.05, 0) is 52.0 Å². The predicted octanol–water partition coefficient (Wildman–Crippen LogP) is 2.13. The lowest BCUT2D eigenvalue weighted by atomic mass is 9.88. The molecular formula is C8H8BrN. The Morgan fingerprint density at radius 2 is 1.80 bits per heavy atom. The zero-order valence-corrected chi connectivity index (χ0v) is 7.11. The van der Waals surface area contributed by atoms with Gasteiger partial charge in [-0.2, -0.15) is 0 Å². The van der Waals surface area contributed by atoms with Crippen molar-refractivity contribution in [2.75, 3.05) is 5.73 Å². The quantitative estimate of drug-likeness (QED) is 0.635. The number of anilines is 1. The Labute approximate surface area is 68.4 Å². The van der Waals surface area contributed by atoms with Crippen molar-refractivity contribution >= 4 is 21.6 Å². The van der Waals surface area contributed by atoms with E-state index in [0.717, 1.165) is 10.2 Å². The van der Waals surface area contributed by atoms with Crippen molar-refractivity contribution < 1.29 is 0 Å². The molecule has 1 aliphatic carbocycles. The van der Waals surface area contributed by atoms with E-state index in [1.165, 1.54) is 24.0 Å². The van der Waals surface area contributed by atoms with Gasteiger partial charge < -0.3 is 5.73 Å². The van der Waals surface area contributed by atoms with Crippen LogP contribution in [0.1, 0.15) is 11.1 Å². The normalized spacial score (nSPS) is 14.1. The molecule has 2 heteroatoms. The number of fused-ring (bicyclic) bond motifs is 1. The van der Waals surface area contributed by atoms with Gasteiger partial charge in [0.1, 0.15) is 0 Å². The Morgan fingerprint density at radius 3 is 2.30 bits per heavy atom. The Kier molecular flexibility index (Phi) is 1.24. The predicted molar refractivity (Wildman–Crippen MR) is 46.0 cm³/mol. The fourth-order valence-electron chi connectivity index (χ4n) is 1.24. The summed E-state index contributed by atoms with van der Waals surface area (Å²) in [4.78, 5) is 0. The largest absolute Gasteiger partial charge is 0.398 e. The van der Waals surface area contributed by atoms with Crippen LogP contribution in [0.2, 0.25) is 0 Å². The molecule has 10 heavy (non-hydrogen) atoms. The molecule has 52 valence electrons. The van der Waals surface area contributed by atoms with Crippen molar-refractivity contribution in [1.29, 1.82) is 0 Å². The first-order valence-electron chi connectivity index (χ1n) is 3.34. The van der Waals surface area contributed by atoms with Gasteiger partial charge >= 0.3 is 0 Å². The van der Waals surface area contributed by atoms with Crippen LogP contribution in [-0.4, -0.2) is 0 Å². The lowest BCUT2D eigenvalue weighted by Gasteiger charge is -2.19. The molecule has 0 aromatic heterocycles. The minimum absolute atomic E-state index is 0.860. The third-order valence-corrected chi connectivity index (χ3v) is 2.67. The molecule has 0 radical (unpaired) electrons. The zero-order chi connectivity index (χ0) is 7.14. The van der Waals surface area contributed by atoms with Crippen molar-refractivity contribution in [3.63, 3.8) is 0 Å². The molecule has 2 rings (SSSR count). The molecule has 2 N–H and O–H groups in total. The van der Waals surface area contributed by atoms with E-state index in [-0.39, 0.29) is 0 Å². The fraction of sp³-hybridized carbons (Fsp3) is 0.250. The van der Waals surface area contributed by atoms with Gasteiger partial charge in [0, 0.05) is 10.2 Å². The minimum atomic E-state index is 0.860. The number of nitrogen functional groups attached to an aromatic ring is 1. The highest BCUT2D eigenvalue weighted by Crippen LogP contribution is 2.30. The number of benzene rings is 1. The third-order valence-electron chi connectivity index (χ3n) is 1.98. The highest BCUT2D eigenvalue weighted by molar-refractivity contribution is 9.10. The van der Waals surface area contributed by atoms with Crippen LogP contribution in [0.15, 0.2) is 16.6 Å². The molecule has 1 aliphatic rings. The molecule has 0 saturated carbocycles. The van der Waals surface area contributed by atoms with Gasteiger partial charge in [0.05, 0.1) is 0 Å². The smallest absolute Gasteiger partial charge is 0.0461 e. The number of rotatable bonds is 0. The SMILES string of the molecule is Nc1cc2c(cc1Br)CC2. The van der Waals surface area contributed by atoms with Gasteiger partial charge in [0.25, 0.3) is 0 Å². The molecular weight excluding hydrogens is 190 g/mol. The second-order valence-electron chi connectivity index (χ2n) is 2.64. The van der Waals surface area contributed by atoms with Crippen LogP contribution in [0.3, 0.4) is 0 Å². The maximum absolute atomic E-state index is 5.68. The van der Waals surface area contributed by atoms with Gasteiger partial charge in [-0.25, -0.2) is 0 Å². The Bertz CT molecular complexity index is 241. The minimum Gasteiger partial charge on any atom is -0.398 e. The standard InChI is InChI=1S/C8H8BrN/c9-7-3-5-1-2-6(5)4-8(7)10/h3-4H,1-2,10H2. The highest BCUT2D eigenvalue weighted by Gasteiger charge is 2.13. The van der Waals surface area contributed by atoms with E-state index < -0.39 is 0 Å². The summed E-state index contributed by atoms with van der Waals surface area (Å²) in [5.41, 5.74) is 9.40. The molecule has 1 aromatic carbocycles. The van der Waals surface area contributed by atoms with Crippen LogP contribution in [0.25, 0.3) is 0 Å². The lowest BCUT2D eigenvalue weighted by Crippen LogP contribution is -2.08. The number of nitrogens with two attached hydrogens (primary N) is 1. The maximum atomic E-state index is 5.68. The van der Waals surface area contributed by atoms with E-state index in [2.05, 4.69) is 28.1 Å². The number of halogens is 1. The van der Waals surface area contributed by atoms with Crippen LogP contribution in [0.5, 0.6) is 0 Å². The summed E-state index contributed by atoms with van der Waals surface area (Å²) >= 11 is 3.39. The van der Waals surface area contributed by atoms with Crippen molar-refractivity contribution in [2.24, 2.45) is 0 Å². The zero-order valence-electron chi connectivity index (χ0n) is 5.52. The van der Waals surface area contributed by atoms with Crippen LogP contribution in [0.4, 0.5) is 5.69 Å². The van der Waals surface area contributed by atoms with E-state index in [1.807, 2.05) is 0 Å². The van der Waals surface area contributed by atoms with Gasteiger partial charge in [0.2, 0.25) is 0 Å². The Balaban J connectivity index is 2.60. The number of hydrogen-bond donors (Lipinski definition) is 1. The van der Waals surface area contributed by atoms with Crippen molar-refractivity contribution in [2.45, 2.75) is 12.8 Å². The Morgan fingerprint density at radius 1 is 1.20 bits per heavy atom. The second kappa shape index (κ2) is 1.99. The van der Waals surface area contributed by atoms with E-state index in [4.69, 9.17) is 5.73 Å². The monoisotopic (exact) mass is 197 g/mol. The first kappa shape index (κ1) is 6.23. The summed E-state index contributed by atoms with van der Waals surface area (Å²) in [6, 6.07) is 4.18. The Hall–Kier alpha value is -0.500. The molecule has 0 fully saturated rings. The van der Waals surface area contributed by atoms with E-state index in [1.54, 1.807) is 0 Å². The summed E-state index contributed by atoms with van der Waals surface area (Å²) in [6.45, 7) is 0. The van der Waals surface area contributed by atoms with E-state index >= 15 is 0 Å². The van der Waals surface area contributed by atoms with Gasteiger partial charge in [-0.15, -0.1) is 0 Å². The summed E-state index contributed by atoms with van der Waals surface area (Å²) < 4.78 is 1.03. The van der Waals surface area contributed by atoms with Crippen LogP contribution >= 0.6 is 15.9 Å². The van der Waals surface area contributed by atoms with Gasteiger partial charge in [-0.3, -0.25) is 0 Å². The van der Waals surface area contributed by atoms with Crippen LogP contribution < -0.4 is 5.73 Å². The lowest BCUT2D eigenvalue weighted by molar-refractivity contribution is 0.839. The van der Waals surface area contributed by atoms with Crippen molar-refractivity contribution in [3.8, 4) is 0 Å². The van der Waals surface area contributed by atoms with Crippen molar-refractivity contribution in [3.05, 3.63) is 27.7 Å². The molecule has 0 amide bonds. The molecule has 0 aliphatic heterocycles. The first-order chi connectivity index (χ1) is 4.77. The molecule has 0 bridgehead atoms. The number of hydrogen-bond acceptors (Lipinski definition) is 1. The van der Waals surface area contributed by atoms with Gasteiger partial charge in [-0.1, -0.05) is 0 Å².